The summed E-state index contributed by atoms with van der Waals surface area (Å²) in [5.74, 6) is -1.27. The number of likely N-dealkylation sites (tertiary alicyclic amines) is 1. The fraction of sp³-hybridized carbons (Fsp3) is 0.500. The van der Waals surface area contributed by atoms with E-state index in [1.165, 1.54) is 5.56 Å². The van der Waals surface area contributed by atoms with Gasteiger partial charge in [0, 0.05) is 13.1 Å². The maximum Gasteiger partial charge on any atom is 0.317 e. The molecule has 114 valence electrons. The summed E-state index contributed by atoms with van der Waals surface area (Å²) < 4.78 is 0. The topological polar surface area (TPSA) is 69.6 Å². The van der Waals surface area contributed by atoms with Crippen molar-refractivity contribution >= 4 is 12.0 Å². The Bertz CT molecular complexity index is 513. The fourth-order valence-electron chi connectivity index (χ4n) is 2.58. The van der Waals surface area contributed by atoms with Crippen LogP contribution in [0.15, 0.2) is 24.3 Å². The maximum atomic E-state index is 12.2. The Morgan fingerprint density at radius 3 is 2.62 bits per heavy atom. The molecule has 21 heavy (non-hydrogen) atoms. The van der Waals surface area contributed by atoms with Crippen LogP contribution in [0.1, 0.15) is 36.9 Å². The van der Waals surface area contributed by atoms with Gasteiger partial charge in [-0.3, -0.25) is 4.79 Å². The molecule has 5 nitrogen and oxygen atoms in total. The molecule has 2 atom stereocenters. The second-order valence-electron chi connectivity index (χ2n) is 5.71. The minimum Gasteiger partial charge on any atom is -0.481 e. The molecule has 1 aliphatic rings. The van der Waals surface area contributed by atoms with E-state index >= 15 is 0 Å². The zero-order valence-corrected chi connectivity index (χ0v) is 12.5. The van der Waals surface area contributed by atoms with E-state index in [2.05, 4.69) is 5.32 Å². The third-order valence-corrected chi connectivity index (χ3v) is 3.98. The number of aliphatic carboxylic acids is 1. The van der Waals surface area contributed by atoms with Crippen molar-refractivity contribution in [3.05, 3.63) is 35.4 Å². The molecule has 1 aliphatic heterocycles. The smallest absolute Gasteiger partial charge is 0.317 e. The molecule has 0 bridgehead atoms. The van der Waals surface area contributed by atoms with Crippen molar-refractivity contribution in [3.8, 4) is 0 Å². The molecule has 1 fully saturated rings. The average Bonchev–Trinajstić information content (AvgIpc) is 2.48. The predicted molar refractivity (Wildman–Crippen MR) is 80.1 cm³/mol. The van der Waals surface area contributed by atoms with Gasteiger partial charge in [-0.2, -0.15) is 0 Å². The molecule has 5 heteroatoms. The Hall–Kier alpha value is -2.04. The van der Waals surface area contributed by atoms with Crippen molar-refractivity contribution in [2.45, 2.75) is 32.7 Å². The number of carboxylic acid groups (broad SMARTS) is 1. The molecular weight excluding hydrogens is 268 g/mol. The van der Waals surface area contributed by atoms with Crippen LogP contribution < -0.4 is 5.32 Å². The highest BCUT2D eigenvalue weighted by Crippen LogP contribution is 2.18. The summed E-state index contributed by atoms with van der Waals surface area (Å²) >= 11 is 0. The first-order chi connectivity index (χ1) is 9.97. The van der Waals surface area contributed by atoms with E-state index in [0.717, 1.165) is 12.0 Å². The number of carbonyl (C=O) groups is 2. The molecule has 2 amide bonds. The van der Waals surface area contributed by atoms with E-state index in [9.17, 15) is 9.59 Å². The highest BCUT2D eigenvalue weighted by molar-refractivity contribution is 5.77. The van der Waals surface area contributed by atoms with Gasteiger partial charge >= 0.3 is 12.0 Å². The normalized spacial score (nSPS) is 19.9. The van der Waals surface area contributed by atoms with Crippen LogP contribution in [0.25, 0.3) is 0 Å². The largest absolute Gasteiger partial charge is 0.481 e. The zero-order chi connectivity index (χ0) is 15.4. The van der Waals surface area contributed by atoms with Crippen molar-refractivity contribution in [2.75, 3.05) is 13.1 Å². The number of aryl methyl sites for hydroxylation is 1. The molecule has 0 radical (unpaired) electrons. The summed E-state index contributed by atoms with van der Waals surface area (Å²) in [6.45, 7) is 4.87. The van der Waals surface area contributed by atoms with Gasteiger partial charge in [0.05, 0.1) is 12.0 Å². The number of carboxylic acids is 1. The molecule has 1 heterocycles. The van der Waals surface area contributed by atoms with Gasteiger partial charge in [-0.15, -0.1) is 0 Å². The summed E-state index contributed by atoms with van der Waals surface area (Å²) in [5, 5.41) is 12.0. The fourth-order valence-corrected chi connectivity index (χ4v) is 2.58. The Kier molecular flexibility index (Phi) is 4.83. The number of nitrogens with one attached hydrogen (secondary N) is 1. The molecule has 2 rings (SSSR count). The molecule has 2 N–H and O–H groups in total. The summed E-state index contributed by atoms with van der Waals surface area (Å²) in [6, 6.07) is 7.74. The number of nitrogens with zero attached hydrogens (tertiary/aromatic N) is 1. The molecule has 0 aliphatic carbocycles. The first-order valence-electron chi connectivity index (χ1n) is 7.32. The van der Waals surface area contributed by atoms with Crippen LogP contribution in [0, 0.1) is 12.8 Å². The molecular formula is C16H22N2O3. The van der Waals surface area contributed by atoms with Crippen LogP contribution >= 0.6 is 0 Å². The zero-order valence-electron chi connectivity index (χ0n) is 12.5. The van der Waals surface area contributed by atoms with E-state index in [1.54, 1.807) is 4.90 Å². The van der Waals surface area contributed by atoms with Gasteiger partial charge in [0.2, 0.25) is 0 Å². The van der Waals surface area contributed by atoms with Gasteiger partial charge in [-0.25, -0.2) is 4.79 Å². The third kappa shape index (κ3) is 3.97. The van der Waals surface area contributed by atoms with Gasteiger partial charge in [-0.1, -0.05) is 29.8 Å². The van der Waals surface area contributed by atoms with Crippen molar-refractivity contribution in [1.82, 2.24) is 10.2 Å². The van der Waals surface area contributed by atoms with Crippen molar-refractivity contribution in [1.29, 1.82) is 0 Å². The first-order valence-corrected chi connectivity index (χ1v) is 7.32. The maximum absolute atomic E-state index is 12.2. The van der Waals surface area contributed by atoms with Crippen LogP contribution in [0.3, 0.4) is 0 Å². The number of benzene rings is 1. The second kappa shape index (κ2) is 6.61. The SMILES string of the molecule is Cc1ccc(C(C)NC(=O)N2CCC[C@@H](C(=O)O)C2)cc1. The van der Waals surface area contributed by atoms with Gasteiger partial charge in [-0.05, 0) is 32.3 Å². The third-order valence-electron chi connectivity index (χ3n) is 3.98. The van der Waals surface area contributed by atoms with Gasteiger partial charge in [0.1, 0.15) is 0 Å². The van der Waals surface area contributed by atoms with E-state index in [4.69, 9.17) is 5.11 Å². The Morgan fingerprint density at radius 1 is 1.33 bits per heavy atom. The monoisotopic (exact) mass is 290 g/mol. The lowest BCUT2D eigenvalue weighted by Gasteiger charge is -2.31. The van der Waals surface area contributed by atoms with Gasteiger partial charge in [0.15, 0.2) is 0 Å². The van der Waals surface area contributed by atoms with Crippen LogP contribution in [-0.2, 0) is 4.79 Å². The molecule has 1 unspecified atom stereocenters. The summed E-state index contributed by atoms with van der Waals surface area (Å²) in [6.07, 6.45) is 1.38. The highest BCUT2D eigenvalue weighted by Gasteiger charge is 2.28. The number of amides is 2. The van der Waals surface area contributed by atoms with Crippen LogP contribution in [0.5, 0.6) is 0 Å². The first kappa shape index (κ1) is 15.4. The molecule has 0 aromatic heterocycles. The lowest BCUT2D eigenvalue weighted by atomic mass is 9.98. The summed E-state index contributed by atoms with van der Waals surface area (Å²) in [5.41, 5.74) is 2.22. The number of piperidine rings is 1. The van der Waals surface area contributed by atoms with E-state index < -0.39 is 11.9 Å². The van der Waals surface area contributed by atoms with Crippen LogP contribution in [-0.4, -0.2) is 35.1 Å². The minimum atomic E-state index is -0.820. The van der Waals surface area contributed by atoms with Crippen molar-refractivity contribution in [2.24, 2.45) is 5.92 Å². The van der Waals surface area contributed by atoms with Crippen LogP contribution in [0.4, 0.5) is 4.79 Å². The quantitative estimate of drug-likeness (QED) is 0.899. The number of hydrogen-bond donors (Lipinski definition) is 2. The molecule has 1 aromatic carbocycles. The molecule has 1 saturated heterocycles. The molecule has 1 aromatic rings. The minimum absolute atomic E-state index is 0.0942. The number of urea groups is 1. The summed E-state index contributed by atoms with van der Waals surface area (Å²) in [7, 11) is 0. The standard InChI is InChI=1S/C16H22N2O3/c1-11-5-7-13(8-6-11)12(2)17-16(21)18-9-3-4-14(10-18)15(19)20/h5-8,12,14H,3-4,9-10H2,1-2H3,(H,17,21)(H,19,20)/t12?,14-/m1/s1. The summed E-state index contributed by atoms with van der Waals surface area (Å²) in [4.78, 5) is 24.9. The van der Waals surface area contributed by atoms with Gasteiger partial charge < -0.3 is 15.3 Å². The number of rotatable bonds is 3. The predicted octanol–water partition coefficient (Wildman–Crippen LogP) is 2.56. The highest BCUT2D eigenvalue weighted by atomic mass is 16.4. The number of carbonyl (C=O) groups excluding carboxylic acids is 1. The van der Waals surface area contributed by atoms with E-state index in [1.807, 2.05) is 38.1 Å². The Balaban J connectivity index is 1.94. The van der Waals surface area contributed by atoms with Crippen molar-refractivity contribution < 1.29 is 14.7 Å². The van der Waals surface area contributed by atoms with Crippen LogP contribution in [0.2, 0.25) is 0 Å². The Labute approximate surface area is 125 Å². The Morgan fingerprint density at radius 2 is 2.00 bits per heavy atom. The lowest BCUT2D eigenvalue weighted by Crippen LogP contribution is -2.47. The average molecular weight is 290 g/mol. The lowest BCUT2D eigenvalue weighted by molar-refractivity contribution is -0.143. The molecule has 0 spiro atoms. The molecule has 0 saturated carbocycles. The van der Waals surface area contributed by atoms with Crippen molar-refractivity contribution in [3.63, 3.8) is 0 Å². The van der Waals surface area contributed by atoms with E-state index in [0.29, 0.717) is 19.5 Å². The van der Waals surface area contributed by atoms with E-state index in [-0.39, 0.29) is 12.1 Å². The van der Waals surface area contributed by atoms with Gasteiger partial charge in [0.25, 0.3) is 0 Å². The number of hydrogen-bond acceptors (Lipinski definition) is 2. The second-order valence-corrected chi connectivity index (χ2v) is 5.71.